The third kappa shape index (κ3) is 3.93. The predicted octanol–water partition coefficient (Wildman–Crippen LogP) is 5.57. The molecule has 29 heavy (non-hydrogen) atoms. The molecule has 146 valence electrons. The standard InChI is InChI=1S/C22H20N4OS2/c1-27-19-10-6-5-9-18(19)21-23-16(13-28-21)14-29-22-24-20(15-11-12-15)26(25-22)17-7-3-2-4-8-17/h2-10,13,15H,11-12,14H2,1H3. The highest BCUT2D eigenvalue weighted by molar-refractivity contribution is 7.98. The van der Waals surface area contributed by atoms with Crippen LogP contribution in [0.15, 0.2) is 65.1 Å². The lowest BCUT2D eigenvalue weighted by molar-refractivity contribution is 0.416. The number of ether oxygens (including phenoxy) is 1. The quantitative estimate of drug-likeness (QED) is 0.366. The second-order valence-electron chi connectivity index (χ2n) is 6.91. The summed E-state index contributed by atoms with van der Waals surface area (Å²) >= 11 is 3.27. The Morgan fingerprint density at radius 1 is 1.07 bits per heavy atom. The van der Waals surface area contributed by atoms with Crippen LogP contribution in [0.5, 0.6) is 5.75 Å². The van der Waals surface area contributed by atoms with E-state index >= 15 is 0 Å². The molecule has 0 saturated heterocycles. The van der Waals surface area contributed by atoms with Gasteiger partial charge in [0.2, 0.25) is 5.16 Å². The Hall–Kier alpha value is -2.64. The van der Waals surface area contributed by atoms with Crippen molar-refractivity contribution >= 4 is 23.1 Å². The van der Waals surface area contributed by atoms with Crippen molar-refractivity contribution in [3.63, 3.8) is 0 Å². The molecule has 0 bridgehead atoms. The Labute approximate surface area is 177 Å². The molecule has 0 radical (unpaired) electrons. The fourth-order valence-corrected chi connectivity index (χ4v) is 4.86. The van der Waals surface area contributed by atoms with E-state index in [-0.39, 0.29) is 0 Å². The zero-order valence-corrected chi connectivity index (χ0v) is 17.6. The molecule has 1 aliphatic rings. The number of benzene rings is 2. The fraction of sp³-hybridized carbons (Fsp3) is 0.227. The molecule has 0 unspecified atom stereocenters. The van der Waals surface area contributed by atoms with Crippen molar-refractivity contribution in [3.05, 3.63) is 71.5 Å². The highest BCUT2D eigenvalue weighted by Gasteiger charge is 2.30. The highest BCUT2D eigenvalue weighted by Crippen LogP contribution is 2.40. The normalized spacial score (nSPS) is 13.6. The van der Waals surface area contributed by atoms with Crippen molar-refractivity contribution < 1.29 is 4.74 Å². The summed E-state index contributed by atoms with van der Waals surface area (Å²) in [6.45, 7) is 0. The Kier molecular flexibility index (Phi) is 5.08. The molecular formula is C22H20N4OS2. The maximum atomic E-state index is 5.46. The van der Waals surface area contributed by atoms with Crippen LogP contribution >= 0.6 is 23.1 Å². The fourth-order valence-electron chi connectivity index (χ4n) is 3.19. The molecule has 2 aromatic heterocycles. The Balaban J connectivity index is 1.34. The summed E-state index contributed by atoms with van der Waals surface area (Å²) in [5.74, 6) is 3.20. The third-order valence-electron chi connectivity index (χ3n) is 4.79. The second-order valence-corrected chi connectivity index (χ2v) is 8.71. The molecule has 5 rings (SSSR count). The monoisotopic (exact) mass is 420 g/mol. The molecule has 0 aliphatic heterocycles. The van der Waals surface area contributed by atoms with Gasteiger partial charge in [0.15, 0.2) is 0 Å². The molecule has 0 atom stereocenters. The van der Waals surface area contributed by atoms with E-state index in [9.17, 15) is 0 Å². The molecule has 0 amide bonds. The Bertz CT molecular complexity index is 1120. The van der Waals surface area contributed by atoms with Crippen LogP contribution in [0.3, 0.4) is 0 Å². The summed E-state index contributed by atoms with van der Waals surface area (Å²) < 4.78 is 7.46. The maximum Gasteiger partial charge on any atom is 0.209 e. The van der Waals surface area contributed by atoms with Crippen LogP contribution in [0.25, 0.3) is 16.3 Å². The van der Waals surface area contributed by atoms with Crippen LogP contribution in [-0.4, -0.2) is 26.9 Å². The van der Waals surface area contributed by atoms with Crippen molar-refractivity contribution in [1.82, 2.24) is 19.7 Å². The van der Waals surface area contributed by atoms with Crippen molar-refractivity contribution in [2.45, 2.75) is 29.7 Å². The topological polar surface area (TPSA) is 52.8 Å². The lowest BCUT2D eigenvalue weighted by Crippen LogP contribution is -2.01. The van der Waals surface area contributed by atoms with Gasteiger partial charge in [0.1, 0.15) is 16.6 Å². The van der Waals surface area contributed by atoms with Gasteiger partial charge in [-0.1, -0.05) is 42.1 Å². The molecule has 1 aliphatic carbocycles. The van der Waals surface area contributed by atoms with Crippen LogP contribution in [0.1, 0.15) is 30.3 Å². The van der Waals surface area contributed by atoms with Crippen molar-refractivity contribution in [3.8, 4) is 22.0 Å². The SMILES string of the molecule is COc1ccccc1-c1nc(CSc2nc(C3CC3)n(-c3ccccc3)n2)cs1. The van der Waals surface area contributed by atoms with Gasteiger partial charge in [-0.2, -0.15) is 0 Å². The lowest BCUT2D eigenvalue weighted by atomic mass is 10.2. The molecule has 0 spiro atoms. The number of aromatic nitrogens is 4. The molecule has 1 fully saturated rings. The summed E-state index contributed by atoms with van der Waals surface area (Å²) in [4.78, 5) is 9.62. The van der Waals surface area contributed by atoms with Gasteiger partial charge in [-0.05, 0) is 37.1 Å². The molecule has 4 aromatic rings. The number of nitrogens with zero attached hydrogens (tertiary/aromatic N) is 4. The van der Waals surface area contributed by atoms with Crippen LogP contribution in [-0.2, 0) is 5.75 Å². The highest BCUT2D eigenvalue weighted by atomic mass is 32.2. The summed E-state index contributed by atoms with van der Waals surface area (Å²) in [5, 5.41) is 8.65. The molecule has 2 aromatic carbocycles. The minimum absolute atomic E-state index is 0.536. The average molecular weight is 421 g/mol. The van der Waals surface area contributed by atoms with E-state index in [1.54, 1.807) is 30.2 Å². The van der Waals surface area contributed by atoms with E-state index in [4.69, 9.17) is 19.8 Å². The van der Waals surface area contributed by atoms with Crippen LogP contribution in [0, 0.1) is 0 Å². The maximum absolute atomic E-state index is 5.46. The van der Waals surface area contributed by atoms with Crippen LogP contribution in [0.2, 0.25) is 0 Å². The summed E-state index contributed by atoms with van der Waals surface area (Å²) in [6.07, 6.45) is 2.40. The van der Waals surface area contributed by atoms with Crippen molar-refractivity contribution in [2.24, 2.45) is 0 Å². The Morgan fingerprint density at radius 2 is 1.86 bits per heavy atom. The van der Waals surface area contributed by atoms with Gasteiger partial charge in [0.25, 0.3) is 0 Å². The van der Waals surface area contributed by atoms with Gasteiger partial charge in [-0.25, -0.2) is 14.6 Å². The number of methoxy groups -OCH3 is 1. The van der Waals surface area contributed by atoms with E-state index < -0.39 is 0 Å². The summed E-state index contributed by atoms with van der Waals surface area (Å²) in [5.41, 5.74) is 3.13. The van der Waals surface area contributed by atoms with Gasteiger partial charge in [0, 0.05) is 17.1 Å². The molecular weight excluding hydrogens is 400 g/mol. The number of rotatable bonds is 7. The average Bonchev–Trinajstić information content (AvgIpc) is 3.35. The van der Waals surface area contributed by atoms with E-state index in [2.05, 4.69) is 17.5 Å². The second kappa shape index (κ2) is 8.00. The Morgan fingerprint density at radius 3 is 2.66 bits per heavy atom. The summed E-state index contributed by atoms with van der Waals surface area (Å²) in [6, 6.07) is 18.2. The van der Waals surface area contributed by atoms with E-state index in [0.29, 0.717) is 5.92 Å². The predicted molar refractivity (Wildman–Crippen MR) is 117 cm³/mol. The molecule has 7 heteroatoms. The largest absolute Gasteiger partial charge is 0.496 e. The van der Waals surface area contributed by atoms with E-state index in [1.165, 1.54) is 12.8 Å². The molecule has 5 nitrogen and oxygen atoms in total. The molecule has 2 heterocycles. The van der Waals surface area contributed by atoms with E-state index in [1.807, 2.05) is 47.1 Å². The first-order chi connectivity index (χ1) is 14.3. The van der Waals surface area contributed by atoms with Crippen LogP contribution in [0.4, 0.5) is 0 Å². The van der Waals surface area contributed by atoms with Gasteiger partial charge in [0.05, 0.1) is 24.1 Å². The summed E-state index contributed by atoms with van der Waals surface area (Å²) in [7, 11) is 1.69. The number of thiazole rings is 1. The first-order valence-corrected chi connectivity index (χ1v) is 11.4. The minimum Gasteiger partial charge on any atom is -0.496 e. The smallest absolute Gasteiger partial charge is 0.209 e. The van der Waals surface area contributed by atoms with Gasteiger partial charge in [-0.3, -0.25) is 0 Å². The van der Waals surface area contributed by atoms with Gasteiger partial charge in [-0.15, -0.1) is 16.4 Å². The zero-order chi connectivity index (χ0) is 19.6. The third-order valence-corrected chi connectivity index (χ3v) is 6.59. The van der Waals surface area contributed by atoms with Crippen LogP contribution < -0.4 is 4.74 Å². The number of hydrogen-bond acceptors (Lipinski definition) is 6. The van der Waals surface area contributed by atoms with Crippen molar-refractivity contribution in [1.29, 1.82) is 0 Å². The zero-order valence-electron chi connectivity index (χ0n) is 16.0. The van der Waals surface area contributed by atoms with Gasteiger partial charge >= 0.3 is 0 Å². The first-order valence-electron chi connectivity index (χ1n) is 9.55. The van der Waals surface area contributed by atoms with Crippen molar-refractivity contribution in [2.75, 3.05) is 7.11 Å². The number of hydrogen-bond donors (Lipinski definition) is 0. The number of para-hydroxylation sites is 2. The lowest BCUT2D eigenvalue weighted by Gasteiger charge is -2.04. The number of thioether (sulfide) groups is 1. The molecule has 1 saturated carbocycles. The van der Waals surface area contributed by atoms with Gasteiger partial charge < -0.3 is 4.74 Å². The molecule has 0 N–H and O–H groups in total. The first kappa shape index (κ1) is 18.4. The van der Waals surface area contributed by atoms with E-state index in [0.717, 1.165) is 44.4 Å². The minimum atomic E-state index is 0.536.